The molecule has 8 aromatic carbocycles. The lowest BCUT2D eigenvalue weighted by Gasteiger charge is -2.25. The van der Waals surface area contributed by atoms with E-state index in [1.54, 1.807) is 0 Å². The monoisotopic (exact) mass is 586 g/mol. The van der Waals surface area contributed by atoms with Gasteiger partial charge in [-0.05, 0) is 95.2 Å². The van der Waals surface area contributed by atoms with Crippen molar-refractivity contribution in [3.63, 3.8) is 0 Å². The van der Waals surface area contributed by atoms with Crippen LogP contribution in [0.3, 0.4) is 0 Å². The molecule has 0 aromatic heterocycles. The van der Waals surface area contributed by atoms with Crippen molar-refractivity contribution in [2.24, 2.45) is 0 Å². The van der Waals surface area contributed by atoms with Crippen LogP contribution in [-0.4, -0.2) is 0 Å². The zero-order valence-corrected chi connectivity index (χ0v) is 25.8. The first-order valence-electron chi connectivity index (χ1n) is 16.1. The summed E-state index contributed by atoms with van der Waals surface area (Å²) in [7, 11) is 0. The third-order valence-corrected chi connectivity index (χ3v) is 10.5. The molecule has 0 fully saturated rings. The van der Waals surface area contributed by atoms with E-state index in [2.05, 4.69) is 153 Å². The zero-order chi connectivity index (χ0) is 30.6. The quantitative estimate of drug-likeness (QED) is 0.196. The van der Waals surface area contributed by atoms with Crippen LogP contribution in [0, 0.1) is 0 Å². The maximum absolute atomic E-state index is 6.40. The number of fused-ring (bicyclic) bond motifs is 8. The summed E-state index contributed by atoms with van der Waals surface area (Å²) in [4.78, 5) is 0. The molecule has 1 aliphatic carbocycles. The maximum Gasteiger partial charge on any atom is 0.135 e. The first-order valence-corrected chi connectivity index (χ1v) is 16.1. The van der Waals surface area contributed by atoms with E-state index in [0.29, 0.717) is 0 Å². The van der Waals surface area contributed by atoms with Crippen molar-refractivity contribution >= 4 is 32.3 Å². The Morgan fingerprint density at radius 2 is 1.07 bits per heavy atom. The third-order valence-electron chi connectivity index (χ3n) is 10.5. The Morgan fingerprint density at radius 1 is 0.413 bits per heavy atom. The van der Waals surface area contributed by atoms with Crippen molar-refractivity contribution in [1.82, 2.24) is 0 Å². The highest BCUT2D eigenvalue weighted by Crippen LogP contribution is 2.54. The van der Waals surface area contributed by atoms with E-state index in [-0.39, 0.29) is 5.41 Å². The van der Waals surface area contributed by atoms with Gasteiger partial charge >= 0.3 is 0 Å². The van der Waals surface area contributed by atoms with Gasteiger partial charge in [-0.1, -0.05) is 141 Å². The minimum atomic E-state index is -0.161. The van der Waals surface area contributed by atoms with Gasteiger partial charge in [0.2, 0.25) is 0 Å². The molecule has 10 rings (SSSR count). The summed E-state index contributed by atoms with van der Waals surface area (Å²) >= 11 is 0. The van der Waals surface area contributed by atoms with Gasteiger partial charge in [-0.2, -0.15) is 0 Å². The third kappa shape index (κ3) is 3.40. The van der Waals surface area contributed by atoms with Crippen LogP contribution in [0.4, 0.5) is 0 Å². The van der Waals surface area contributed by atoms with Gasteiger partial charge in [0.05, 0.1) is 0 Å². The summed E-state index contributed by atoms with van der Waals surface area (Å²) in [6.45, 7) is 4.79. The zero-order valence-electron chi connectivity index (χ0n) is 25.8. The second kappa shape index (κ2) is 9.19. The van der Waals surface area contributed by atoms with Gasteiger partial charge < -0.3 is 4.74 Å². The Kier molecular flexibility index (Phi) is 5.12. The topological polar surface area (TPSA) is 9.23 Å². The Balaban J connectivity index is 1.15. The second-order valence-electron chi connectivity index (χ2n) is 13.2. The van der Waals surface area contributed by atoms with Crippen LogP contribution in [0.15, 0.2) is 146 Å². The van der Waals surface area contributed by atoms with Gasteiger partial charge in [0.25, 0.3) is 0 Å². The molecule has 0 amide bonds. The molecule has 0 N–H and O–H groups in total. The number of para-hydroxylation sites is 1. The highest BCUT2D eigenvalue weighted by molar-refractivity contribution is 6.11. The van der Waals surface area contributed by atoms with E-state index >= 15 is 0 Å². The van der Waals surface area contributed by atoms with Crippen LogP contribution in [0.5, 0.6) is 11.5 Å². The molecule has 46 heavy (non-hydrogen) atoms. The Bertz CT molecular complexity index is 2580. The molecule has 1 heteroatoms. The number of rotatable bonds is 2. The largest absolute Gasteiger partial charge is 0.456 e. The lowest BCUT2D eigenvalue weighted by atomic mass is 9.78. The summed E-state index contributed by atoms with van der Waals surface area (Å²) in [5, 5.41) is 7.62. The first kappa shape index (κ1) is 25.6. The van der Waals surface area contributed by atoms with Gasteiger partial charge in [0, 0.05) is 16.4 Å². The second-order valence-corrected chi connectivity index (χ2v) is 13.2. The van der Waals surface area contributed by atoms with Crippen molar-refractivity contribution in [3.05, 3.63) is 157 Å². The van der Waals surface area contributed by atoms with Crippen molar-refractivity contribution in [3.8, 4) is 56.0 Å². The highest BCUT2D eigenvalue weighted by Gasteiger charge is 2.37. The fourth-order valence-electron chi connectivity index (χ4n) is 8.38. The SMILES string of the molecule is CC1(C)c2cc(-c3ccc4c5c(cccc35)-c3ccccc3O4)ccc2-c2ccc3c(-c4cccc5ccccc45)cccc3c21. The summed E-state index contributed by atoms with van der Waals surface area (Å²) in [6.07, 6.45) is 0. The molecule has 1 heterocycles. The van der Waals surface area contributed by atoms with Crippen molar-refractivity contribution < 1.29 is 4.74 Å². The van der Waals surface area contributed by atoms with E-state index in [9.17, 15) is 0 Å². The van der Waals surface area contributed by atoms with E-state index in [0.717, 1.165) is 17.1 Å². The van der Waals surface area contributed by atoms with Crippen molar-refractivity contribution in [1.29, 1.82) is 0 Å². The van der Waals surface area contributed by atoms with Crippen LogP contribution < -0.4 is 4.74 Å². The molecular formula is C45H30O. The minimum absolute atomic E-state index is 0.161. The predicted molar refractivity (Wildman–Crippen MR) is 193 cm³/mol. The molecule has 1 aliphatic heterocycles. The molecule has 0 saturated carbocycles. The van der Waals surface area contributed by atoms with Gasteiger partial charge in [-0.25, -0.2) is 0 Å². The molecule has 0 saturated heterocycles. The predicted octanol–water partition coefficient (Wildman–Crippen LogP) is 12.6. The molecule has 0 spiro atoms. The maximum atomic E-state index is 6.40. The normalized spacial score (nSPS) is 13.8. The summed E-state index contributed by atoms with van der Waals surface area (Å²) in [6, 6.07) is 53.3. The van der Waals surface area contributed by atoms with E-state index in [4.69, 9.17) is 4.74 Å². The standard InChI is InChI=1S/C45H30O/c1-45(2)40-26-28(30-24-25-42-43-36(30)16-9-17-37(43)35-13-5-6-19-41(35)46-42)20-21-34(40)39-23-22-33-32(15-8-18-38(33)44(39)45)31-14-7-11-27-10-3-4-12-29(27)31/h3-26H,1-2H3. The van der Waals surface area contributed by atoms with Crippen molar-refractivity contribution in [2.75, 3.05) is 0 Å². The molecule has 0 radical (unpaired) electrons. The minimum Gasteiger partial charge on any atom is -0.456 e. The molecule has 8 aromatic rings. The van der Waals surface area contributed by atoms with E-state index in [1.807, 2.05) is 6.07 Å². The molecule has 2 aliphatic rings. The lowest BCUT2D eigenvalue weighted by molar-refractivity contribution is 0.487. The average Bonchev–Trinajstić information content (AvgIpc) is 3.34. The van der Waals surface area contributed by atoms with Crippen molar-refractivity contribution in [2.45, 2.75) is 19.3 Å². The Labute approximate surface area is 268 Å². The van der Waals surface area contributed by atoms with Gasteiger partial charge in [0.15, 0.2) is 0 Å². The smallest absolute Gasteiger partial charge is 0.135 e. The number of hydrogen-bond donors (Lipinski definition) is 0. The first-order chi connectivity index (χ1) is 22.6. The van der Waals surface area contributed by atoms with Crippen LogP contribution >= 0.6 is 0 Å². The Hall–Kier alpha value is -5.66. The molecular weight excluding hydrogens is 556 g/mol. The van der Waals surface area contributed by atoms with Gasteiger partial charge in [0.1, 0.15) is 11.5 Å². The summed E-state index contributed by atoms with van der Waals surface area (Å²) in [5.74, 6) is 1.85. The number of benzene rings is 8. The number of hydrogen-bond acceptors (Lipinski definition) is 1. The van der Waals surface area contributed by atoms with Crippen LogP contribution in [0.25, 0.3) is 76.8 Å². The van der Waals surface area contributed by atoms with E-state index in [1.165, 1.54) is 82.4 Å². The van der Waals surface area contributed by atoms with Crippen LogP contribution in [-0.2, 0) is 5.41 Å². The lowest BCUT2D eigenvalue weighted by Crippen LogP contribution is -2.15. The van der Waals surface area contributed by atoms with Crippen LogP contribution in [0.2, 0.25) is 0 Å². The molecule has 1 nitrogen and oxygen atoms in total. The average molecular weight is 587 g/mol. The fourth-order valence-corrected chi connectivity index (χ4v) is 8.38. The molecule has 216 valence electrons. The highest BCUT2D eigenvalue weighted by atomic mass is 16.5. The van der Waals surface area contributed by atoms with Gasteiger partial charge in [-0.15, -0.1) is 0 Å². The molecule has 0 bridgehead atoms. The number of ether oxygens (including phenoxy) is 1. The molecule has 0 atom stereocenters. The van der Waals surface area contributed by atoms with Crippen LogP contribution in [0.1, 0.15) is 25.0 Å². The fraction of sp³-hybridized carbons (Fsp3) is 0.0667. The summed E-state index contributed by atoms with van der Waals surface area (Å²) < 4.78 is 6.40. The summed E-state index contributed by atoms with van der Waals surface area (Å²) in [5.41, 5.74) is 12.8. The Morgan fingerprint density at radius 3 is 1.98 bits per heavy atom. The molecule has 0 unspecified atom stereocenters. The van der Waals surface area contributed by atoms with Gasteiger partial charge in [-0.3, -0.25) is 0 Å². The van der Waals surface area contributed by atoms with E-state index < -0.39 is 0 Å².